The number of ether oxygens (including phenoxy) is 1. The molecule has 0 aliphatic rings. The first-order valence-electron chi connectivity index (χ1n) is 8.68. The molecule has 0 aliphatic carbocycles. The van der Waals surface area contributed by atoms with E-state index in [1.807, 2.05) is 36.4 Å². The topological polar surface area (TPSA) is 79.5 Å². The van der Waals surface area contributed by atoms with Gasteiger partial charge in [-0.05, 0) is 36.2 Å². The van der Waals surface area contributed by atoms with Crippen LogP contribution in [-0.4, -0.2) is 32.5 Å². The van der Waals surface area contributed by atoms with Crippen LogP contribution in [0.1, 0.15) is 19.7 Å². The van der Waals surface area contributed by atoms with Gasteiger partial charge in [0.1, 0.15) is 17.3 Å². The molecule has 2 heterocycles. The third-order valence-corrected chi connectivity index (χ3v) is 4.30. The molecule has 0 bridgehead atoms. The van der Waals surface area contributed by atoms with Crippen LogP contribution in [0.25, 0.3) is 33.5 Å². The van der Waals surface area contributed by atoms with E-state index in [1.54, 1.807) is 7.11 Å². The van der Waals surface area contributed by atoms with Crippen LogP contribution in [-0.2, 0) is 6.42 Å². The zero-order valence-corrected chi connectivity index (χ0v) is 15.1. The van der Waals surface area contributed by atoms with Gasteiger partial charge in [-0.15, -0.1) is 0 Å². The molecule has 4 rings (SSSR count). The van der Waals surface area contributed by atoms with Crippen molar-refractivity contribution in [3.05, 3.63) is 48.3 Å². The second-order valence-electron chi connectivity index (χ2n) is 6.77. The lowest BCUT2D eigenvalue weighted by Crippen LogP contribution is -1.95. The Kier molecular flexibility index (Phi) is 4.16. The van der Waals surface area contributed by atoms with Crippen LogP contribution in [0.2, 0.25) is 0 Å². The second kappa shape index (κ2) is 6.63. The van der Waals surface area contributed by atoms with Gasteiger partial charge in [0.25, 0.3) is 0 Å². The fourth-order valence-electron chi connectivity index (χ4n) is 3.05. The van der Waals surface area contributed by atoms with E-state index < -0.39 is 0 Å². The fraction of sp³-hybridized carbons (Fsp3) is 0.250. The van der Waals surface area contributed by atoms with Crippen molar-refractivity contribution in [3.8, 4) is 28.4 Å². The van der Waals surface area contributed by atoms with Crippen LogP contribution in [0.15, 0.2) is 42.5 Å². The molecule has 2 aromatic carbocycles. The van der Waals surface area contributed by atoms with Crippen molar-refractivity contribution in [2.75, 3.05) is 7.11 Å². The first-order valence-corrected chi connectivity index (χ1v) is 8.68. The molecule has 0 saturated heterocycles. The minimum atomic E-state index is 0.534. The van der Waals surface area contributed by atoms with Gasteiger partial charge < -0.3 is 4.74 Å². The molecule has 0 saturated carbocycles. The number of rotatable bonds is 5. The number of hydrogen-bond acceptors (Lipinski definition) is 4. The SMILES string of the molecule is COc1cccc(-c2n[nH]c3ccc(-c4n[nH]c(CC(C)C)n4)cc23)c1. The minimum absolute atomic E-state index is 0.534. The van der Waals surface area contributed by atoms with Crippen LogP contribution in [0.5, 0.6) is 5.75 Å². The van der Waals surface area contributed by atoms with E-state index in [9.17, 15) is 0 Å². The van der Waals surface area contributed by atoms with E-state index in [0.29, 0.717) is 11.7 Å². The van der Waals surface area contributed by atoms with Crippen molar-refractivity contribution in [2.24, 2.45) is 5.92 Å². The van der Waals surface area contributed by atoms with Gasteiger partial charge in [0.15, 0.2) is 5.82 Å². The van der Waals surface area contributed by atoms with Crippen molar-refractivity contribution in [2.45, 2.75) is 20.3 Å². The first kappa shape index (κ1) is 16.3. The molecule has 26 heavy (non-hydrogen) atoms. The van der Waals surface area contributed by atoms with Crippen molar-refractivity contribution < 1.29 is 4.74 Å². The molecule has 0 radical (unpaired) electrons. The fourth-order valence-corrected chi connectivity index (χ4v) is 3.05. The summed E-state index contributed by atoms with van der Waals surface area (Å²) in [4.78, 5) is 4.62. The number of H-pyrrole nitrogens is 2. The normalized spacial score (nSPS) is 11.4. The quantitative estimate of drug-likeness (QED) is 0.566. The first-order chi connectivity index (χ1) is 12.6. The molecule has 4 aromatic rings. The lowest BCUT2D eigenvalue weighted by Gasteiger charge is -2.03. The van der Waals surface area contributed by atoms with Crippen LogP contribution in [0.3, 0.4) is 0 Å². The molecule has 6 nitrogen and oxygen atoms in total. The van der Waals surface area contributed by atoms with Gasteiger partial charge in [-0.2, -0.15) is 10.2 Å². The van der Waals surface area contributed by atoms with E-state index in [-0.39, 0.29) is 0 Å². The van der Waals surface area contributed by atoms with Crippen molar-refractivity contribution in [1.82, 2.24) is 25.4 Å². The third-order valence-electron chi connectivity index (χ3n) is 4.30. The number of benzene rings is 2. The van der Waals surface area contributed by atoms with E-state index in [0.717, 1.165) is 45.7 Å². The molecule has 2 N–H and O–H groups in total. The highest BCUT2D eigenvalue weighted by Gasteiger charge is 2.13. The summed E-state index contributed by atoms with van der Waals surface area (Å²) in [6.45, 7) is 4.33. The molecular formula is C20H21N5O. The molecular weight excluding hydrogens is 326 g/mol. The van der Waals surface area contributed by atoms with Crippen molar-refractivity contribution >= 4 is 10.9 Å². The molecule has 132 valence electrons. The van der Waals surface area contributed by atoms with Gasteiger partial charge in [0.2, 0.25) is 0 Å². The van der Waals surface area contributed by atoms with Crippen molar-refractivity contribution in [1.29, 1.82) is 0 Å². The summed E-state index contributed by atoms with van der Waals surface area (Å²) in [5.41, 5.74) is 3.83. The minimum Gasteiger partial charge on any atom is -0.497 e. The lowest BCUT2D eigenvalue weighted by molar-refractivity contribution is 0.415. The number of aromatic nitrogens is 5. The Morgan fingerprint density at radius 1 is 1.00 bits per heavy atom. The molecule has 0 aliphatic heterocycles. The van der Waals surface area contributed by atoms with E-state index >= 15 is 0 Å². The summed E-state index contributed by atoms with van der Waals surface area (Å²) >= 11 is 0. The Morgan fingerprint density at radius 3 is 2.69 bits per heavy atom. The largest absolute Gasteiger partial charge is 0.497 e. The second-order valence-corrected chi connectivity index (χ2v) is 6.77. The smallest absolute Gasteiger partial charge is 0.181 e. The summed E-state index contributed by atoms with van der Waals surface area (Å²) < 4.78 is 5.33. The number of nitrogens with one attached hydrogen (secondary N) is 2. The van der Waals surface area contributed by atoms with Gasteiger partial charge >= 0.3 is 0 Å². The maximum atomic E-state index is 5.33. The Hall–Kier alpha value is -3.15. The van der Waals surface area contributed by atoms with E-state index in [1.165, 1.54) is 0 Å². The van der Waals surface area contributed by atoms with Crippen LogP contribution in [0.4, 0.5) is 0 Å². The number of fused-ring (bicyclic) bond motifs is 1. The maximum Gasteiger partial charge on any atom is 0.181 e. The number of nitrogens with zero attached hydrogens (tertiary/aromatic N) is 3. The van der Waals surface area contributed by atoms with E-state index in [4.69, 9.17) is 4.74 Å². The number of aromatic amines is 2. The Morgan fingerprint density at radius 2 is 1.88 bits per heavy atom. The monoisotopic (exact) mass is 347 g/mol. The Labute approximate surface area is 151 Å². The molecule has 0 atom stereocenters. The summed E-state index contributed by atoms with van der Waals surface area (Å²) in [7, 11) is 1.66. The summed E-state index contributed by atoms with van der Waals surface area (Å²) in [6.07, 6.45) is 0.885. The molecule has 2 aromatic heterocycles. The highest BCUT2D eigenvalue weighted by Crippen LogP contribution is 2.31. The zero-order valence-electron chi connectivity index (χ0n) is 15.1. The molecule has 0 fully saturated rings. The maximum absolute atomic E-state index is 5.33. The van der Waals surface area contributed by atoms with Crippen LogP contribution >= 0.6 is 0 Å². The molecule has 0 unspecified atom stereocenters. The molecule has 0 spiro atoms. The lowest BCUT2D eigenvalue weighted by atomic mass is 10.1. The van der Waals surface area contributed by atoms with Gasteiger partial charge in [0, 0.05) is 22.9 Å². The predicted molar refractivity (Wildman–Crippen MR) is 102 cm³/mol. The molecule has 6 heteroatoms. The predicted octanol–water partition coefficient (Wildman–Crippen LogP) is 4.22. The standard InChI is InChI=1S/C20H21N5O/c1-12(2)9-18-21-20(25-23-18)14-7-8-17-16(11-14)19(24-22-17)13-5-4-6-15(10-13)26-3/h4-8,10-12H,9H2,1-3H3,(H,22,24)(H,21,23,25). The summed E-state index contributed by atoms with van der Waals surface area (Å²) in [6, 6.07) is 14.0. The Balaban J connectivity index is 1.76. The average Bonchev–Trinajstić information content (AvgIpc) is 3.27. The average molecular weight is 347 g/mol. The van der Waals surface area contributed by atoms with Gasteiger partial charge in [-0.3, -0.25) is 10.2 Å². The summed E-state index contributed by atoms with van der Waals surface area (Å²) in [5, 5.41) is 16.0. The number of hydrogen-bond donors (Lipinski definition) is 2. The van der Waals surface area contributed by atoms with Crippen LogP contribution in [0, 0.1) is 5.92 Å². The van der Waals surface area contributed by atoms with Gasteiger partial charge in [-0.1, -0.05) is 26.0 Å². The Bertz CT molecular complexity index is 1050. The highest BCUT2D eigenvalue weighted by atomic mass is 16.5. The number of methoxy groups -OCH3 is 1. The zero-order chi connectivity index (χ0) is 18.1. The highest BCUT2D eigenvalue weighted by molar-refractivity contribution is 5.95. The summed E-state index contributed by atoms with van der Waals surface area (Å²) in [5.74, 6) is 2.96. The third kappa shape index (κ3) is 3.06. The van der Waals surface area contributed by atoms with Gasteiger partial charge in [0.05, 0.1) is 12.6 Å². The van der Waals surface area contributed by atoms with E-state index in [2.05, 4.69) is 45.3 Å². The van der Waals surface area contributed by atoms with Crippen LogP contribution < -0.4 is 4.74 Å². The van der Waals surface area contributed by atoms with Crippen molar-refractivity contribution in [3.63, 3.8) is 0 Å². The van der Waals surface area contributed by atoms with Gasteiger partial charge in [-0.25, -0.2) is 4.98 Å². The molecule has 0 amide bonds.